The molecule has 0 saturated carbocycles. The third-order valence-electron chi connectivity index (χ3n) is 5.21. The number of nitrogens with zero attached hydrogens (tertiary/aromatic N) is 1. The van der Waals surface area contributed by atoms with Crippen LogP contribution in [0.1, 0.15) is 39.1 Å². The molecule has 2 heterocycles. The van der Waals surface area contributed by atoms with Crippen LogP contribution in [0.3, 0.4) is 0 Å². The van der Waals surface area contributed by atoms with Crippen molar-refractivity contribution < 1.29 is 32.2 Å². The molecule has 9 heteroatoms. The van der Waals surface area contributed by atoms with Crippen LogP contribution in [0.15, 0.2) is 42.5 Å². The molecular weight excluding hydrogens is 401 g/mol. The SMILES string of the molecule is O=C(NC1CCN(C(=O)c2ccc3c(c2)OCO3)CC1)c1ccc(C(F)(F)F)cc1. The predicted molar refractivity (Wildman–Crippen MR) is 100 cm³/mol. The van der Waals surface area contributed by atoms with E-state index in [-0.39, 0.29) is 24.3 Å². The molecule has 0 unspecified atom stereocenters. The van der Waals surface area contributed by atoms with Gasteiger partial charge in [0, 0.05) is 30.3 Å². The zero-order valence-corrected chi connectivity index (χ0v) is 15.9. The number of amides is 2. The van der Waals surface area contributed by atoms with Gasteiger partial charge in [-0.15, -0.1) is 0 Å². The van der Waals surface area contributed by atoms with Gasteiger partial charge >= 0.3 is 6.18 Å². The van der Waals surface area contributed by atoms with E-state index >= 15 is 0 Å². The lowest BCUT2D eigenvalue weighted by atomic mass is 10.0. The van der Waals surface area contributed by atoms with Crippen molar-refractivity contribution in [3.05, 3.63) is 59.2 Å². The molecule has 2 amide bonds. The van der Waals surface area contributed by atoms with Crippen molar-refractivity contribution in [3.63, 3.8) is 0 Å². The summed E-state index contributed by atoms with van der Waals surface area (Å²) in [6.45, 7) is 1.06. The smallest absolute Gasteiger partial charge is 0.416 e. The van der Waals surface area contributed by atoms with Gasteiger partial charge in [0.15, 0.2) is 11.5 Å². The maximum atomic E-state index is 12.7. The third-order valence-corrected chi connectivity index (χ3v) is 5.21. The van der Waals surface area contributed by atoms with E-state index in [0.717, 1.165) is 24.3 Å². The van der Waals surface area contributed by atoms with Gasteiger partial charge in [0.05, 0.1) is 5.56 Å². The Morgan fingerprint density at radius 3 is 2.23 bits per heavy atom. The Morgan fingerprint density at radius 1 is 0.933 bits per heavy atom. The summed E-state index contributed by atoms with van der Waals surface area (Å²) in [6, 6.07) is 9.00. The highest BCUT2D eigenvalue weighted by Gasteiger charge is 2.30. The summed E-state index contributed by atoms with van der Waals surface area (Å²) in [7, 11) is 0. The molecule has 1 N–H and O–H groups in total. The Morgan fingerprint density at radius 2 is 1.57 bits per heavy atom. The fourth-order valence-electron chi connectivity index (χ4n) is 3.52. The van der Waals surface area contributed by atoms with Crippen molar-refractivity contribution in [2.75, 3.05) is 19.9 Å². The summed E-state index contributed by atoms with van der Waals surface area (Å²) in [6.07, 6.45) is -3.32. The number of fused-ring (bicyclic) bond motifs is 1. The van der Waals surface area contributed by atoms with E-state index in [4.69, 9.17) is 9.47 Å². The second-order valence-corrected chi connectivity index (χ2v) is 7.18. The minimum Gasteiger partial charge on any atom is -0.454 e. The fraction of sp³-hybridized carbons (Fsp3) is 0.333. The van der Waals surface area contributed by atoms with E-state index in [2.05, 4.69) is 5.32 Å². The lowest BCUT2D eigenvalue weighted by molar-refractivity contribution is -0.137. The van der Waals surface area contributed by atoms with E-state index in [9.17, 15) is 22.8 Å². The van der Waals surface area contributed by atoms with E-state index in [0.29, 0.717) is 43.0 Å². The monoisotopic (exact) mass is 420 g/mol. The molecule has 0 aliphatic carbocycles. The first-order valence-electron chi connectivity index (χ1n) is 9.48. The maximum absolute atomic E-state index is 12.7. The van der Waals surface area contributed by atoms with Gasteiger partial charge in [0.2, 0.25) is 6.79 Å². The summed E-state index contributed by atoms with van der Waals surface area (Å²) >= 11 is 0. The number of halogens is 3. The highest BCUT2D eigenvalue weighted by Crippen LogP contribution is 2.33. The van der Waals surface area contributed by atoms with Crippen molar-refractivity contribution >= 4 is 11.8 Å². The third kappa shape index (κ3) is 4.19. The Bertz CT molecular complexity index is 952. The lowest BCUT2D eigenvalue weighted by Crippen LogP contribution is -2.46. The summed E-state index contributed by atoms with van der Waals surface area (Å²) in [4.78, 5) is 26.7. The second-order valence-electron chi connectivity index (χ2n) is 7.18. The quantitative estimate of drug-likeness (QED) is 0.826. The Labute approximate surface area is 170 Å². The molecule has 158 valence electrons. The first-order valence-corrected chi connectivity index (χ1v) is 9.48. The molecule has 0 bridgehead atoms. The average Bonchev–Trinajstić information content (AvgIpc) is 3.21. The zero-order chi connectivity index (χ0) is 21.3. The largest absolute Gasteiger partial charge is 0.454 e. The number of hydrogen-bond donors (Lipinski definition) is 1. The topological polar surface area (TPSA) is 67.9 Å². The molecule has 1 fully saturated rings. The van der Waals surface area contributed by atoms with E-state index in [1.54, 1.807) is 23.1 Å². The number of nitrogens with one attached hydrogen (secondary N) is 1. The molecule has 1 saturated heterocycles. The Kier molecular flexibility index (Phi) is 5.27. The minimum absolute atomic E-state index is 0.124. The molecular formula is C21H19F3N2O4. The van der Waals surface area contributed by atoms with E-state index in [1.165, 1.54) is 0 Å². The highest BCUT2D eigenvalue weighted by molar-refractivity contribution is 5.95. The predicted octanol–water partition coefficient (Wildman–Crippen LogP) is 3.47. The number of rotatable bonds is 3. The summed E-state index contributed by atoms with van der Waals surface area (Å²) in [5.74, 6) is 0.598. The molecule has 2 aromatic carbocycles. The maximum Gasteiger partial charge on any atom is 0.416 e. The first-order chi connectivity index (χ1) is 14.3. The van der Waals surface area contributed by atoms with Gasteiger partial charge in [-0.2, -0.15) is 13.2 Å². The molecule has 2 aliphatic rings. The molecule has 0 radical (unpaired) electrons. The Balaban J connectivity index is 1.31. The van der Waals surface area contributed by atoms with Crippen molar-refractivity contribution in [1.29, 1.82) is 0 Å². The van der Waals surface area contributed by atoms with Gasteiger partial charge in [-0.05, 0) is 55.3 Å². The fourth-order valence-corrected chi connectivity index (χ4v) is 3.52. The first kappa shape index (κ1) is 20.1. The molecule has 30 heavy (non-hydrogen) atoms. The van der Waals surface area contributed by atoms with Gasteiger partial charge < -0.3 is 19.7 Å². The minimum atomic E-state index is -4.44. The van der Waals surface area contributed by atoms with Crippen molar-refractivity contribution in [3.8, 4) is 11.5 Å². The van der Waals surface area contributed by atoms with Crippen LogP contribution in [0.5, 0.6) is 11.5 Å². The van der Waals surface area contributed by atoms with Gasteiger partial charge in [0.25, 0.3) is 11.8 Å². The number of benzene rings is 2. The van der Waals surface area contributed by atoms with Crippen LogP contribution >= 0.6 is 0 Å². The number of piperidine rings is 1. The van der Waals surface area contributed by atoms with Crippen LogP contribution in [-0.4, -0.2) is 42.6 Å². The molecule has 4 rings (SSSR count). The number of likely N-dealkylation sites (tertiary alicyclic amines) is 1. The molecule has 0 aromatic heterocycles. The number of ether oxygens (including phenoxy) is 2. The van der Waals surface area contributed by atoms with E-state index in [1.807, 2.05) is 0 Å². The zero-order valence-electron chi connectivity index (χ0n) is 15.9. The van der Waals surface area contributed by atoms with Crippen LogP contribution in [0, 0.1) is 0 Å². The number of carbonyl (C=O) groups is 2. The van der Waals surface area contributed by atoms with Gasteiger partial charge in [-0.3, -0.25) is 9.59 Å². The summed E-state index contributed by atoms with van der Waals surface area (Å²) in [5, 5.41) is 2.83. The van der Waals surface area contributed by atoms with Gasteiger partial charge in [-0.25, -0.2) is 0 Å². The van der Waals surface area contributed by atoms with Crippen LogP contribution in [0.4, 0.5) is 13.2 Å². The van der Waals surface area contributed by atoms with Crippen LogP contribution in [0.25, 0.3) is 0 Å². The van der Waals surface area contributed by atoms with Gasteiger partial charge in [-0.1, -0.05) is 0 Å². The molecule has 2 aromatic rings. The van der Waals surface area contributed by atoms with Crippen LogP contribution in [-0.2, 0) is 6.18 Å². The molecule has 6 nitrogen and oxygen atoms in total. The number of hydrogen-bond acceptors (Lipinski definition) is 4. The van der Waals surface area contributed by atoms with Gasteiger partial charge in [0.1, 0.15) is 0 Å². The van der Waals surface area contributed by atoms with Crippen LogP contribution < -0.4 is 14.8 Å². The molecule has 0 atom stereocenters. The van der Waals surface area contributed by atoms with E-state index < -0.39 is 17.6 Å². The van der Waals surface area contributed by atoms with Crippen LogP contribution in [0.2, 0.25) is 0 Å². The summed E-state index contributed by atoms with van der Waals surface area (Å²) < 4.78 is 48.5. The molecule has 0 spiro atoms. The highest BCUT2D eigenvalue weighted by atomic mass is 19.4. The number of alkyl halides is 3. The molecule has 2 aliphatic heterocycles. The van der Waals surface area contributed by atoms with Crippen molar-refractivity contribution in [1.82, 2.24) is 10.2 Å². The normalized spacial score (nSPS) is 16.4. The Hall–Kier alpha value is -3.23. The average molecular weight is 420 g/mol. The van der Waals surface area contributed by atoms with Crippen molar-refractivity contribution in [2.45, 2.75) is 25.1 Å². The second kappa shape index (κ2) is 7.89. The number of carbonyl (C=O) groups excluding carboxylic acids is 2. The standard InChI is InChI=1S/C21H19F3N2O4/c22-21(23,24)15-4-1-13(2-5-15)19(27)25-16-7-9-26(10-8-16)20(28)14-3-6-17-18(11-14)30-12-29-17/h1-6,11,16H,7-10,12H2,(H,25,27). The lowest BCUT2D eigenvalue weighted by Gasteiger charge is -2.32. The summed E-state index contributed by atoms with van der Waals surface area (Å²) in [5.41, 5.74) is -0.122. The van der Waals surface area contributed by atoms with Crippen molar-refractivity contribution in [2.24, 2.45) is 0 Å².